The number of nitrogens with one attached hydrogen (secondary N) is 1. The van der Waals surface area contributed by atoms with Crippen LogP contribution >= 0.6 is 0 Å². The van der Waals surface area contributed by atoms with Crippen LogP contribution in [0.2, 0.25) is 0 Å². The van der Waals surface area contributed by atoms with E-state index in [1.807, 2.05) is 0 Å². The van der Waals surface area contributed by atoms with Gasteiger partial charge < -0.3 is 14.2 Å². The molecule has 2 aliphatic heterocycles. The van der Waals surface area contributed by atoms with Crippen LogP contribution in [0.3, 0.4) is 0 Å². The van der Waals surface area contributed by atoms with Crippen LogP contribution in [-0.2, 0) is 23.8 Å². The first-order valence-corrected chi connectivity index (χ1v) is 6.73. The number of ether oxygens (including phenoxy) is 3. The number of rotatable bonds is 2. The third-order valence-corrected chi connectivity index (χ3v) is 3.79. The van der Waals surface area contributed by atoms with Crippen molar-refractivity contribution in [2.75, 3.05) is 0 Å². The molecule has 3 heterocycles. The summed E-state index contributed by atoms with van der Waals surface area (Å²) in [7, 11) is 0. The van der Waals surface area contributed by atoms with Crippen LogP contribution < -0.4 is 11.2 Å². The predicted octanol–water partition coefficient (Wildman–Crippen LogP) is -1.07. The van der Waals surface area contributed by atoms with Crippen LogP contribution in [0.25, 0.3) is 0 Å². The van der Waals surface area contributed by atoms with Gasteiger partial charge >= 0.3 is 17.6 Å². The third kappa shape index (κ3) is 2.23. The lowest BCUT2D eigenvalue weighted by Gasteiger charge is -2.20. The molecular weight excluding hydrogens is 296 g/mol. The van der Waals surface area contributed by atoms with E-state index in [1.54, 1.807) is 6.92 Å². The van der Waals surface area contributed by atoms with Crippen molar-refractivity contribution in [1.29, 1.82) is 0 Å². The topological polar surface area (TPSA) is 117 Å². The molecule has 22 heavy (non-hydrogen) atoms. The van der Waals surface area contributed by atoms with Crippen molar-refractivity contribution >= 4 is 11.9 Å². The van der Waals surface area contributed by atoms with Gasteiger partial charge in [0.2, 0.25) is 6.10 Å². The standard InChI is InChI=1S/C13H14N2O7/c1-5-8-9(10(12(18)22-8)20-6(2)16)21-11(5)15-4-3-7(17)14-13(15)19/h3-5,8-11H,1-2H3,(H,14,17,19)/t5-,8?,9+,10?,11?/m1/s1. The molecule has 5 atom stereocenters. The summed E-state index contributed by atoms with van der Waals surface area (Å²) in [6.45, 7) is 2.93. The number of aromatic nitrogens is 2. The summed E-state index contributed by atoms with van der Waals surface area (Å²) in [5, 5.41) is 0. The molecule has 3 rings (SSSR count). The highest BCUT2D eigenvalue weighted by molar-refractivity contribution is 5.81. The van der Waals surface area contributed by atoms with Gasteiger partial charge in [0.15, 0.2) is 0 Å². The lowest BCUT2D eigenvalue weighted by atomic mass is 10.0. The van der Waals surface area contributed by atoms with Gasteiger partial charge in [-0.15, -0.1) is 0 Å². The molecule has 3 unspecified atom stereocenters. The first-order valence-electron chi connectivity index (χ1n) is 6.73. The minimum atomic E-state index is -1.14. The van der Waals surface area contributed by atoms with Gasteiger partial charge in [-0.2, -0.15) is 0 Å². The molecule has 0 aliphatic carbocycles. The zero-order chi connectivity index (χ0) is 16.0. The molecule has 0 bridgehead atoms. The van der Waals surface area contributed by atoms with Crippen molar-refractivity contribution in [3.8, 4) is 0 Å². The maximum Gasteiger partial charge on any atom is 0.350 e. The number of nitrogens with zero attached hydrogens (tertiary/aromatic N) is 1. The highest BCUT2D eigenvalue weighted by Gasteiger charge is 2.57. The van der Waals surface area contributed by atoms with Crippen LogP contribution in [0.4, 0.5) is 0 Å². The Labute approximate surface area is 123 Å². The maximum atomic E-state index is 11.9. The number of carbonyl (C=O) groups excluding carboxylic acids is 2. The van der Waals surface area contributed by atoms with Crippen LogP contribution in [0.15, 0.2) is 21.9 Å². The Morgan fingerprint density at radius 1 is 1.32 bits per heavy atom. The predicted molar refractivity (Wildman–Crippen MR) is 69.8 cm³/mol. The SMILES string of the molecule is CC(=O)OC1C(=O)OC2[C@@H](C)C(n3ccc(=O)[nH]c3=O)O[C@H]12. The molecule has 2 aliphatic rings. The maximum absolute atomic E-state index is 11.9. The summed E-state index contributed by atoms with van der Waals surface area (Å²) in [5.74, 6) is -1.63. The smallest absolute Gasteiger partial charge is 0.350 e. The van der Waals surface area contributed by atoms with Crippen LogP contribution in [0.5, 0.6) is 0 Å². The second-order valence-electron chi connectivity index (χ2n) is 5.30. The van der Waals surface area contributed by atoms with Gasteiger partial charge in [-0.1, -0.05) is 6.92 Å². The summed E-state index contributed by atoms with van der Waals surface area (Å²) < 4.78 is 17.1. The molecule has 2 fully saturated rings. The monoisotopic (exact) mass is 310 g/mol. The zero-order valence-corrected chi connectivity index (χ0v) is 11.8. The molecule has 0 amide bonds. The molecule has 0 aromatic carbocycles. The van der Waals surface area contributed by atoms with Gasteiger partial charge in [0.25, 0.3) is 5.56 Å². The lowest BCUT2D eigenvalue weighted by molar-refractivity contribution is -0.166. The van der Waals surface area contributed by atoms with Crippen LogP contribution in [0, 0.1) is 5.92 Å². The Bertz CT molecular complexity index is 736. The Morgan fingerprint density at radius 3 is 2.68 bits per heavy atom. The molecule has 0 spiro atoms. The molecule has 0 radical (unpaired) electrons. The van der Waals surface area contributed by atoms with Gasteiger partial charge in [-0.05, 0) is 0 Å². The molecule has 118 valence electrons. The Hall–Kier alpha value is -2.42. The number of hydrogen-bond acceptors (Lipinski definition) is 7. The summed E-state index contributed by atoms with van der Waals surface area (Å²) in [4.78, 5) is 47.9. The van der Waals surface area contributed by atoms with E-state index in [-0.39, 0.29) is 5.92 Å². The highest BCUT2D eigenvalue weighted by Crippen LogP contribution is 2.41. The first-order chi connectivity index (χ1) is 10.4. The number of aromatic amines is 1. The minimum absolute atomic E-state index is 0.349. The minimum Gasteiger partial charge on any atom is -0.456 e. The normalized spacial score (nSPS) is 33.4. The van der Waals surface area contributed by atoms with E-state index in [0.29, 0.717) is 0 Å². The number of esters is 2. The van der Waals surface area contributed by atoms with E-state index in [4.69, 9.17) is 14.2 Å². The van der Waals surface area contributed by atoms with Crippen molar-refractivity contribution in [3.05, 3.63) is 33.1 Å². The third-order valence-electron chi connectivity index (χ3n) is 3.79. The highest BCUT2D eigenvalue weighted by atomic mass is 16.7. The first kappa shape index (κ1) is 14.5. The number of fused-ring (bicyclic) bond motifs is 1. The molecule has 1 N–H and O–H groups in total. The molecule has 9 nitrogen and oxygen atoms in total. The summed E-state index contributed by atoms with van der Waals surface area (Å²) >= 11 is 0. The fourth-order valence-electron chi connectivity index (χ4n) is 2.82. The number of carbonyl (C=O) groups is 2. The summed E-state index contributed by atoms with van der Waals surface area (Å²) in [5.41, 5.74) is -1.14. The number of hydrogen-bond donors (Lipinski definition) is 1. The van der Waals surface area contributed by atoms with Gasteiger partial charge in [-0.25, -0.2) is 9.59 Å². The lowest BCUT2D eigenvalue weighted by Crippen LogP contribution is -2.36. The molecule has 9 heteroatoms. The van der Waals surface area contributed by atoms with E-state index in [9.17, 15) is 19.2 Å². The average molecular weight is 310 g/mol. The number of H-pyrrole nitrogens is 1. The molecular formula is C13H14N2O7. The van der Waals surface area contributed by atoms with Crippen molar-refractivity contribution in [2.45, 2.75) is 38.4 Å². The average Bonchev–Trinajstić information content (AvgIpc) is 2.89. The summed E-state index contributed by atoms with van der Waals surface area (Å²) in [6.07, 6.45) is -1.97. The molecule has 0 saturated carbocycles. The largest absolute Gasteiger partial charge is 0.456 e. The van der Waals surface area contributed by atoms with Crippen molar-refractivity contribution in [3.63, 3.8) is 0 Å². The molecule has 1 aromatic rings. The van der Waals surface area contributed by atoms with E-state index < -0.39 is 47.7 Å². The fourth-order valence-corrected chi connectivity index (χ4v) is 2.82. The summed E-state index contributed by atoms with van der Waals surface area (Å²) in [6, 6.07) is 1.20. The van der Waals surface area contributed by atoms with E-state index in [1.165, 1.54) is 23.8 Å². The molecule has 2 saturated heterocycles. The van der Waals surface area contributed by atoms with Crippen LogP contribution in [0.1, 0.15) is 20.1 Å². The van der Waals surface area contributed by atoms with Gasteiger partial charge in [0.1, 0.15) is 18.4 Å². The Kier molecular flexibility index (Phi) is 3.36. The second-order valence-corrected chi connectivity index (χ2v) is 5.30. The quantitative estimate of drug-likeness (QED) is 0.691. The van der Waals surface area contributed by atoms with E-state index in [2.05, 4.69) is 4.98 Å². The van der Waals surface area contributed by atoms with Crippen molar-refractivity contribution in [2.24, 2.45) is 5.92 Å². The Morgan fingerprint density at radius 2 is 2.05 bits per heavy atom. The van der Waals surface area contributed by atoms with E-state index >= 15 is 0 Å². The molecule has 1 aromatic heterocycles. The van der Waals surface area contributed by atoms with Gasteiger partial charge in [0.05, 0.1) is 0 Å². The van der Waals surface area contributed by atoms with Crippen molar-refractivity contribution < 1.29 is 23.8 Å². The van der Waals surface area contributed by atoms with Crippen molar-refractivity contribution in [1.82, 2.24) is 9.55 Å². The Balaban J connectivity index is 1.90. The second kappa shape index (κ2) is 5.09. The fraction of sp³-hybridized carbons (Fsp3) is 0.538. The van der Waals surface area contributed by atoms with Gasteiger partial charge in [-0.3, -0.25) is 19.1 Å². The van der Waals surface area contributed by atoms with Crippen LogP contribution in [-0.4, -0.2) is 39.8 Å². The zero-order valence-electron chi connectivity index (χ0n) is 11.8. The van der Waals surface area contributed by atoms with Gasteiger partial charge in [0, 0.05) is 25.1 Å². The van der Waals surface area contributed by atoms with E-state index in [0.717, 1.165) is 0 Å².